The smallest absolute Gasteiger partial charge is 0.0886 e. The molecule has 58 valence electrons. The van der Waals surface area contributed by atoms with Gasteiger partial charge in [-0.3, -0.25) is 0 Å². The van der Waals surface area contributed by atoms with Crippen molar-refractivity contribution in [2.45, 2.75) is 13.0 Å². The highest BCUT2D eigenvalue weighted by molar-refractivity contribution is 5.61. The first-order valence-corrected chi connectivity index (χ1v) is 3.79. The summed E-state index contributed by atoms with van der Waals surface area (Å²) in [6, 6.07) is 0.355. The molecule has 11 heavy (non-hydrogen) atoms. The van der Waals surface area contributed by atoms with Crippen LogP contribution in [-0.2, 0) is 0 Å². The van der Waals surface area contributed by atoms with Crippen molar-refractivity contribution in [3.8, 4) is 0 Å². The number of aliphatic imine (C=N–C) groups is 1. The Bertz CT molecular complexity index is 250. The summed E-state index contributed by atoms with van der Waals surface area (Å²) >= 11 is 0. The van der Waals surface area contributed by atoms with E-state index >= 15 is 0 Å². The minimum Gasteiger partial charge on any atom is -0.383 e. The summed E-state index contributed by atoms with van der Waals surface area (Å²) in [6.45, 7) is 3.02. The van der Waals surface area contributed by atoms with Crippen LogP contribution in [0.5, 0.6) is 0 Å². The lowest BCUT2D eigenvalue weighted by Crippen LogP contribution is -2.31. The van der Waals surface area contributed by atoms with E-state index in [9.17, 15) is 0 Å². The third-order valence-corrected chi connectivity index (χ3v) is 1.96. The van der Waals surface area contributed by atoms with E-state index in [2.05, 4.69) is 28.6 Å². The quantitative estimate of drug-likeness (QED) is 0.522. The van der Waals surface area contributed by atoms with Crippen LogP contribution in [0.2, 0.25) is 0 Å². The standard InChI is InChI=1S/C8H11N3/c1-6-8-7(2-3-10-6)4-9-5-11-8/h2-3,5-6,10H,4H2,1H3,(H,9,11). The van der Waals surface area contributed by atoms with Crippen LogP contribution in [0.4, 0.5) is 0 Å². The highest BCUT2D eigenvalue weighted by Crippen LogP contribution is 2.16. The van der Waals surface area contributed by atoms with E-state index in [4.69, 9.17) is 0 Å². The SMILES string of the molecule is CC1NC=CC2=C1N=CNC2. The summed E-state index contributed by atoms with van der Waals surface area (Å²) in [7, 11) is 0. The van der Waals surface area contributed by atoms with Crippen molar-refractivity contribution < 1.29 is 0 Å². The molecule has 0 fully saturated rings. The van der Waals surface area contributed by atoms with Gasteiger partial charge in [-0.1, -0.05) is 0 Å². The molecule has 0 bridgehead atoms. The predicted molar refractivity (Wildman–Crippen MR) is 45.3 cm³/mol. The van der Waals surface area contributed by atoms with E-state index in [0.29, 0.717) is 6.04 Å². The number of nitrogens with zero attached hydrogens (tertiary/aromatic N) is 1. The molecule has 0 aromatic rings. The maximum Gasteiger partial charge on any atom is 0.0886 e. The van der Waals surface area contributed by atoms with Gasteiger partial charge in [0.2, 0.25) is 0 Å². The summed E-state index contributed by atoms with van der Waals surface area (Å²) < 4.78 is 0. The van der Waals surface area contributed by atoms with Crippen LogP contribution in [0.25, 0.3) is 0 Å². The Balaban J connectivity index is 2.36. The predicted octanol–water partition coefficient (Wildman–Crippen LogP) is 0.377. The van der Waals surface area contributed by atoms with Gasteiger partial charge < -0.3 is 10.6 Å². The molecule has 0 saturated carbocycles. The van der Waals surface area contributed by atoms with Crippen molar-refractivity contribution in [3.63, 3.8) is 0 Å². The molecular weight excluding hydrogens is 138 g/mol. The molecule has 0 saturated heterocycles. The fourth-order valence-corrected chi connectivity index (χ4v) is 1.35. The molecular formula is C8H11N3. The molecule has 1 atom stereocenters. The van der Waals surface area contributed by atoms with Gasteiger partial charge >= 0.3 is 0 Å². The average molecular weight is 149 g/mol. The molecule has 2 heterocycles. The molecule has 0 radical (unpaired) electrons. The van der Waals surface area contributed by atoms with Gasteiger partial charge in [0.1, 0.15) is 0 Å². The molecule has 0 aliphatic carbocycles. The molecule has 0 aromatic carbocycles. The Hall–Kier alpha value is -1.25. The van der Waals surface area contributed by atoms with Crippen LogP contribution in [0.1, 0.15) is 6.92 Å². The fourth-order valence-electron chi connectivity index (χ4n) is 1.35. The van der Waals surface area contributed by atoms with E-state index in [-0.39, 0.29) is 0 Å². The molecule has 0 spiro atoms. The molecule has 2 aliphatic heterocycles. The summed E-state index contributed by atoms with van der Waals surface area (Å²) in [5, 5.41) is 6.28. The van der Waals surface area contributed by atoms with Gasteiger partial charge in [-0.25, -0.2) is 4.99 Å². The molecule has 0 aromatic heterocycles. The van der Waals surface area contributed by atoms with Gasteiger partial charge in [0.05, 0.1) is 18.1 Å². The summed E-state index contributed by atoms with van der Waals surface area (Å²) in [5.74, 6) is 0. The van der Waals surface area contributed by atoms with E-state index in [0.717, 1.165) is 12.2 Å². The minimum atomic E-state index is 0.355. The van der Waals surface area contributed by atoms with E-state index in [1.807, 2.05) is 6.20 Å². The molecule has 3 nitrogen and oxygen atoms in total. The van der Waals surface area contributed by atoms with Crippen molar-refractivity contribution in [2.75, 3.05) is 6.54 Å². The molecule has 3 heteroatoms. The maximum atomic E-state index is 4.26. The zero-order valence-corrected chi connectivity index (χ0v) is 6.46. The number of rotatable bonds is 0. The third-order valence-electron chi connectivity index (χ3n) is 1.96. The van der Waals surface area contributed by atoms with Gasteiger partial charge in [-0.05, 0) is 24.8 Å². The highest BCUT2D eigenvalue weighted by Gasteiger charge is 2.15. The van der Waals surface area contributed by atoms with E-state index < -0.39 is 0 Å². The van der Waals surface area contributed by atoms with Gasteiger partial charge in [-0.2, -0.15) is 0 Å². The summed E-state index contributed by atoms with van der Waals surface area (Å²) in [5.41, 5.74) is 2.45. The number of nitrogens with one attached hydrogen (secondary N) is 2. The average Bonchev–Trinajstić information content (AvgIpc) is 2.06. The van der Waals surface area contributed by atoms with Crippen LogP contribution in [0.3, 0.4) is 0 Å². The molecule has 2 aliphatic rings. The van der Waals surface area contributed by atoms with Crippen molar-refractivity contribution in [3.05, 3.63) is 23.5 Å². The second-order valence-corrected chi connectivity index (χ2v) is 2.77. The van der Waals surface area contributed by atoms with Gasteiger partial charge in [0.25, 0.3) is 0 Å². The Morgan fingerprint density at radius 2 is 2.55 bits per heavy atom. The topological polar surface area (TPSA) is 36.4 Å². The Kier molecular flexibility index (Phi) is 1.42. The normalized spacial score (nSPS) is 27.5. The van der Waals surface area contributed by atoms with Crippen LogP contribution in [-0.4, -0.2) is 18.9 Å². The first-order valence-electron chi connectivity index (χ1n) is 3.79. The van der Waals surface area contributed by atoms with Crippen LogP contribution in [0, 0.1) is 0 Å². The van der Waals surface area contributed by atoms with Gasteiger partial charge in [-0.15, -0.1) is 0 Å². The number of hydrogen-bond donors (Lipinski definition) is 2. The van der Waals surface area contributed by atoms with Gasteiger partial charge in [0.15, 0.2) is 0 Å². The second-order valence-electron chi connectivity index (χ2n) is 2.77. The maximum absolute atomic E-state index is 4.26. The second kappa shape index (κ2) is 2.42. The number of hydrogen-bond acceptors (Lipinski definition) is 3. The molecule has 1 unspecified atom stereocenters. The van der Waals surface area contributed by atoms with E-state index in [1.165, 1.54) is 5.57 Å². The Morgan fingerprint density at radius 1 is 1.64 bits per heavy atom. The van der Waals surface area contributed by atoms with Gasteiger partial charge in [0, 0.05) is 6.54 Å². The largest absolute Gasteiger partial charge is 0.383 e. The summed E-state index contributed by atoms with van der Waals surface area (Å²) in [4.78, 5) is 4.26. The molecule has 2 rings (SSSR count). The lowest BCUT2D eigenvalue weighted by Gasteiger charge is -2.23. The fraction of sp³-hybridized carbons (Fsp3) is 0.375. The lowest BCUT2D eigenvalue weighted by molar-refractivity contribution is 0.687. The van der Waals surface area contributed by atoms with Crippen molar-refractivity contribution in [2.24, 2.45) is 4.99 Å². The first-order chi connectivity index (χ1) is 5.38. The number of dihydropyridines is 1. The van der Waals surface area contributed by atoms with Crippen molar-refractivity contribution in [1.82, 2.24) is 10.6 Å². The first kappa shape index (κ1) is 6.46. The Labute approximate surface area is 65.9 Å². The highest BCUT2D eigenvalue weighted by atomic mass is 15.0. The van der Waals surface area contributed by atoms with Crippen LogP contribution >= 0.6 is 0 Å². The minimum absolute atomic E-state index is 0.355. The van der Waals surface area contributed by atoms with Crippen molar-refractivity contribution in [1.29, 1.82) is 0 Å². The molecule has 2 N–H and O–H groups in total. The van der Waals surface area contributed by atoms with E-state index in [1.54, 1.807) is 6.34 Å². The lowest BCUT2D eigenvalue weighted by atomic mass is 10.1. The third kappa shape index (κ3) is 1.02. The van der Waals surface area contributed by atoms with Crippen LogP contribution in [0.15, 0.2) is 28.5 Å². The monoisotopic (exact) mass is 149 g/mol. The zero-order chi connectivity index (χ0) is 7.68. The van der Waals surface area contributed by atoms with Crippen LogP contribution < -0.4 is 10.6 Å². The summed E-state index contributed by atoms with van der Waals surface area (Å²) in [6.07, 6.45) is 5.81. The Morgan fingerprint density at radius 3 is 3.36 bits per heavy atom. The molecule has 0 amide bonds. The zero-order valence-electron chi connectivity index (χ0n) is 6.46. The van der Waals surface area contributed by atoms with Crippen molar-refractivity contribution >= 4 is 6.34 Å².